The quantitative estimate of drug-likeness (QED) is 0.868. The molecule has 0 aliphatic heterocycles. The summed E-state index contributed by atoms with van der Waals surface area (Å²) in [5.74, 6) is 0.741. The molecule has 7 nitrogen and oxygen atoms in total. The van der Waals surface area contributed by atoms with Gasteiger partial charge in [-0.1, -0.05) is 0 Å². The zero-order valence-electron chi connectivity index (χ0n) is 11.4. The monoisotopic (exact) mass is 263 g/mol. The van der Waals surface area contributed by atoms with Crippen LogP contribution in [0, 0.1) is 6.92 Å². The Kier molecular flexibility index (Phi) is 3.66. The van der Waals surface area contributed by atoms with Gasteiger partial charge in [0.1, 0.15) is 5.69 Å². The average Bonchev–Trinajstić information content (AvgIpc) is 2.76. The second kappa shape index (κ2) is 5.23. The Morgan fingerprint density at radius 1 is 1.32 bits per heavy atom. The molecule has 0 saturated heterocycles. The Labute approximate surface area is 111 Å². The summed E-state index contributed by atoms with van der Waals surface area (Å²) in [6.45, 7) is 1.90. The fourth-order valence-corrected chi connectivity index (χ4v) is 1.90. The molecule has 0 aromatic carbocycles. The fraction of sp³-hybridized carbons (Fsp3) is 0.417. The number of methoxy groups -OCH3 is 2. The van der Waals surface area contributed by atoms with E-state index < -0.39 is 6.04 Å². The van der Waals surface area contributed by atoms with Crippen molar-refractivity contribution in [2.24, 2.45) is 12.8 Å². The van der Waals surface area contributed by atoms with Crippen molar-refractivity contribution in [3.05, 3.63) is 29.3 Å². The van der Waals surface area contributed by atoms with Crippen LogP contribution in [0.5, 0.6) is 11.8 Å². The van der Waals surface area contributed by atoms with E-state index in [9.17, 15) is 0 Å². The molecule has 1 atom stereocenters. The molecule has 0 aliphatic carbocycles. The maximum atomic E-state index is 6.22. The second-order valence-electron chi connectivity index (χ2n) is 4.13. The van der Waals surface area contributed by atoms with E-state index in [1.807, 2.05) is 20.2 Å². The first-order valence-electron chi connectivity index (χ1n) is 5.77. The third kappa shape index (κ3) is 2.50. The van der Waals surface area contributed by atoms with Crippen LogP contribution in [0.4, 0.5) is 0 Å². The van der Waals surface area contributed by atoms with Crippen LogP contribution in [0.15, 0.2) is 12.4 Å². The lowest BCUT2D eigenvalue weighted by molar-refractivity contribution is 0.355. The number of hydrogen-bond donors (Lipinski definition) is 1. The Balaban J connectivity index is 2.43. The van der Waals surface area contributed by atoms with Crippen LogP contribution in [0.3, 0.4) is 0 Å². The summed E-state index contributed by atoms with van der Waals surface area (Å²) in [5.41, 5.74) is 8.52. The van der Waals surface area contributed by atoms with Crippen LogP contribution in [-0.2, 0) is 7.05 Å². The molecule has 0 radical (unpaired) electrons. The first-order valence-corrected chi connectivity index (χ1v) is 5.77. The van der Waals surface area contributed by atoms with E-state index in [1.165, 1.54) is 20.4 Å². The third-order valence-electron chi connectivity index (χ3n) is 2.83. The first-order chi connectivity index (χ1) is 9.06. The molecule has 1 unspecified atom stereocenters. The maximum Gasteiger partial charge on any atom is 0.240 e. The van der Waals surface area contributed by atoms with Crippen LogP contribution < -0.4 is 15.2 Å². The molecule has 0 bridgehead atoms. The SMILES string of the molecule is COc1cnc(C(N)c2cn(C)nc2C)c(OC)n1. The van der Waals surface area contributed by atoms with Crippen molar-refractivity contribution in [1.82, 2.24) is 19.7 Å². The molecule has 19 heavy (non-hydrogen) atoms. The first kappa shape index (κ1) is 13.3. The van der Waals surface area contributed by atoms with Crippen molar-refractivity contribution >= 4 is 0 Å². The summed E-state index contributed by atoms with van der Waals surface area (Å²) in [5, 5.41) is 4.27. The van der Waals surface area contributed by atoms with Crippen molar-refractivity contribution in [1.29, 1.82) is 0 Å². The summed E-state index contributed by atoms with van der Waals surface area (Å²) in [6, 6.07) is -0.443. The average molecular weight is 263 g/mol. The lowest BCUT2D eigenvalue weighted by Gasteiger charge is -2.13. The maximum absolute atomic E-state index is 6.22. The van der Waals surface area contributed by atoms with Gasteiger partial charge >= 0.3 is 0 Å². The van der Waals surface area contributed by atoms with Gasteiger partial charge in [-0.15, -0.1) is 0 Å². The smallest absolute Gasteiger partial charge is 0.240 e. The molecule has 2 aromatic heterocycles. The Morgan fingerprint density at radius 2 is 2.05 bits per heavy atom. The number of hydrogen-bond acceptors (Lipinski definition) is 6. The van der Waals surface area contributed by atoms with Crippen molar-refractivity contribution in [3.63, 3.8) is 0 Å². The zero-order valence-corrected chi connectivity index (χ0v) is 11.4. The molecule has 0 amide bonds. The Morgan fingerprint density at radius 3 is 2.58 bits per heavy atom. The molecule has 0 aliphatic rings. The van der Waals surface area contributed by atoms with E-state index >= 15 is 0 Å². The molecule has 7 heteroatoms. The van der Waals surface area contributed by atoms with Crippen LogP contribution >= 0.6 is 0 Å². The summed E-state index contributed by atoms with van der Waals surface area (Å²) >= 11 is 0. The van der Waals surface area contributed by atoms with Gasteiger partial charge in [0.15, 0.2) is 0 Å². The Hall–Kier alpha value is -2.15. The largest absolute Gasteiger partial charge is 0.480 e. The van der Waals surface area contributed by atoms with E-state index in [1.54, 1.807) is 4.68 Å². The molecule has 2 heterocycles. The lowest BCUT2D eigenvalue weighted by Crippen LogP contribution is -2.16. The molecule has 0 saturated carbocycles. The number of aryl methyl sites for hydroxylation is 2. The van der Waals surface area contributed by atoms with Crippen LogP contribution in [0.25, 0.3) is 0 Å². The molecule has 2 N–H and O–H groups in total. The zero-order chi connectivity index (χ0) is 14.0. The summed E-state index contributed by atoms with van der Waals surface area (Å²) in [4.78, 5) is 8.45. The molecule has 2 aromatic rings. The van der Waals surface area contributed by atoms with Crippen molar-refractivity contribution in [2.75, 3.05) is 14.2 Å². The predicted molar refractivity (Wildman–Crippen MR) is 69.1 cm³/mol. The molecule has 0 fully saturated rings. The van der Waals surface area contributed by atoms with E-state index in [-0.39, 0.29) is 0 Å². The Bertz CT molecular complexity index is 581. The fourth-order valence-electron chi connectivity index (χ4n) is 1.90. The van der Waals surface area contributed by atoms with Gasteiger partial charge in [0, 0.05) is 18.8 Å². The number of rotatable bonds is 4. The van der Waals surface area contributed by atoms with E-state index in [0.29, 0.717) is 17.5 Å². The minimum atomic E-state index is -0.443. The summed E-state index contributed by atoms with van der Waals surface area (Å²) < 4.78 is 11.9. The lowest BCUT2D eigenvalue weighted by atomic mass is 10.1. The minimum Gasteiger partial charge on any atom is -0.480 e. The highest BCUT2D eigenvalue weighted by atomic mass is 16.5. The van der Waals surface area contributed by atoms with Crippen molar-refractivity contribution < 1.29 is 9.47 Å². The second-order valence-corrected chi connectivity index (χ2v) is 4.13. The van der Waals surface area contributed by atoms with Crippen LogP contribution in [-0.4, -0.2) is 34.0 Å². The topological polar surface area (TPSA) is 88.1 Å². The van der Waals surface area contributed by atoms with Crippen molar-refractivity contribution in [2.45, 2.75) is 13.0 Å². The van der Waals surface area contributed by atoms with Gasteiger partial charge in [0.2, 0.25) is 11.8 Å². The van der Waals surface area contributed by atoms with Gasteiger partial charge in [-0.25, -0.2) is 4.98 Å². The molecular weight excluding hydrogens is 246 g/mol. The molecular formula is C12H17N5O2. The summed E-state index contributed by atoms with van der Waals surface area (Å²) in [6.07, 6.45) is 3.38. The van der Waals surface area contributed by atoms with Gasteiger partial charge in [0.05, 0.1) is 32.2 Å². The van der Waals surface area contributed by atoms with Gasteiger partial charge in [0.25, 0.3) is 0 Å². The highest BCUT2D eigenvalue weighted by Crippen LogP contribution is 2.27. The molecule has 102 valence electrons. The van der Waals surface area contributed by atoms with Gasteiger partial charge < -0.3 is 15.2 Å². The van der Waals surface area contributed by atoms with Gasteiger partial charge in [-0.2, -0.15) is 10.1 Å². The highest BCUT2D eigenvalue weighted by Gasteiger charge is 2.21. The predicted octanol–water partition coefficient (Wildman–Crippen LogP) is 0.584. The van der Waals surface area contributed by atoms with E-state index in [2.05, 4.69) is 15.1 Å². The van der Waals surface area contributed by atoms with Crippen LogP contribution in [0.1, 0.15) is 23.0 Å². The summed E-state index contributed by atoms with van der Waals surface area (Å²) in [7, 11) is 4.89. The normalized spacial score (nSPS) is 12.3. The van der Waals surface area contributed by atoms with E-state index in [4.69, 9.17) is 15.2 Å². The van der Waals surface area contributed by atoms with Gasteiger partial charge in [-0.05, 0) is 6.92 Å². The minimum absolute atomic E-state index is 0.357. The molecule has 2 rings (SSSR count). The number of aromatic nitrogens is 4. The van der Waals surface area contributed by atoms with Crippen LogP contribution in [0.2, 0.25) is 0 Å². The number of ether oxygens (including phenoxy) is 2. The van der Waals surface area contributed by atoms with Crippen molar-refractivity contribution in [3.8, 4) is 11.8 Å². The standard InChI is InChI=1S/C12H17N5O2/c1-7-8(6-17(2)16-7)10(13)11-12(19-4)15-9(18-3)5-14-11/h5-6,10H,13H2,1-4H3. The molecule has 0 spiro atoms. The third-order valence-corrected chi connectivity index (χ3v) is 2.83. The number of nitrogens with two attached hydrogens (primary N) is 1. The van der Waals surface area contributed by atoms with Gasteiger partial charge in [-0.3, -0.25) is 4.68 Å². The van der Waals surface area contributed by atoms with E-state index in [0.717, 1.165) is 11.3 Å². The number of nitrogens with zero attached hydrogens (tertiary/aromatic N) is 4. The highest BCUT2D eigenvalue weighted by molar-refractivity contribution is 5.34.